The molecule has 0 amide bonds. The second-order valence-corrected chi connectivity index (χ2v) is 4.65. The third-order valence-corrected chi connectivity index (χ3v) is 2.97. The quantitative estimate of drug-likeness (QED) is 0.829. The molecule has 0 aliphatic carbocycles. The second kappa shape index (κ2) is 4.03. The van der Waals surface area contributed by atoms with Crippen molar-refractivity contribution >= 4 is 22.2 Å². The van der Waals surface area contributed by atoms with E-state index in [-0.39, 0.29) is 0 Å². The summed E-state index contributed by atoms with van der Waals surface area (Å²) in [5, 5.41) is 6.32. The summed E-state index contributed by atoms with van der Waals surface area (Å²) >= 11 is 1.63. The number of hydrogen-bond acceptors (Lipinski definition) is 3. The van der Waals surface area contributed by atoms with Gasteiger partial charge in [0.2, 0.25) is 0 Å². The van der Waals surface area contributed by atoms with E-state index in [9.17, 15) is 0 Å². The van der Waals surface area contributed by atoms with E-state index in [0.29, 0.717) is 0 Å². The van der Waals surface area contributed by atoms with Crippen molar-refractivity contribution in [3.05, 3.63) is 40.4 Å². The molecule has 0 saturated heterocycles. The van der Waals surface area contributed by atoms with Gasteiger partial charge in [0, 0.05) is 11.1 Å². The number of nitrogens with zero attached hydrogens (tertiary/aromatic N) is 1. The number of aryl methyl sites for hydroxylation is 3. The molecule has 0 aliphatic rings. The van der Waals surface area contributed by atoms with Crippen LogP contribution in [0.4, 0.5) is 10.8 Å². The van der Waals surface area contributed by atoms with Gasteiger partial charge in [-0.3, -0.25) is 0 Å². The van der Waals surface area contributed by atoms with Crippen LogP contribution in [-0.2, 0) is 0 Å². The Kier molecular flexibility index (Phi) is 2.73. The molecule has 1 N–H and O–H groups in total. The first-order valence-electron chi connectivity index (χ1n) is 4.91. The molecule has 0 bridgehead atoms. The molecule has 0 atom stereocenters. The summed E-state index contributed by atoms with van der Waals surface area (Å²) in [4.78, 5) is 4.37. The Hall–Kier alpha value is -1.35. The molecule has 0 radical (unpaired) electrons. The minimum absolute atomic E-state index is 0.956. The maximum absolute atomic E-state index is 4.37. The van der Waals surface area contributed by atoms with Crippen LogP contribution < -0.4 is 5.32 Å². The van der Waals surface area contributed by atoms with E-state index < -0.39 is 0 Å². The predicted octanol–water partition coefficient (Wildman–Crippen LogP) is 3.81. The Balaban J connectivity index is 2.24. The maximum Gasteiger partial charge on any atom is 0.187 e. The fourth-order valence-corrected chi connectivity index (χ4v) is 2.29. The summed E-state index contributed by atoms with van der Waals surface area (Å²) in [6.45, 7) is 6.21. The Morgan fingerprint density at radius 2 is 1.73 bits per heavy atom. The molecular weight excluding hydrogens is 204 g/mol. The molecular formula is C12H14N2S. The van der Waals surface area contributed by atoms with Crippen LogP contribution >= 0.6 is 11.3 Å². The van der Waals surface area contributed by atoms with Crippen molar-refractivity contribution < 1.29 is 0 Å². The molecule has 0 spiro atoms. The normalized spacial score (nSPS) is 10.3. The highest BCUT2D eigenvalue weighted by Crippen LogP contribution is 2.22. The standard InChI is InChI=1S/C12H14N2S/c1-8-4-9(2)6-11(5-8)14-12-13-10(3)7-15-12/h4-7H,1-3H3,(H,13,14). The minimum Gasteiger partial charge on any atom is -0.332 e. The molecule has 2 aromatic rings. The Labute approximate surface area is 94.0 Å². The van der Waals surface area contributed by atoms with Gasteiger partial charge in [0.15, 0.2) is 5.13 Å². The second-order valence-electron chi connectivity index (χ2n) is 3.80. The van der Waals surface area contributed by atoms with Crippen LogP contribution in [0.5, 0.6) is 0 Å². The number of rotatable bonds is 2. The summed E-state index contributed by atoms with van der Waals surface area (Å²) in [6, 6.07) is 6.42. The molecule has 2 rings (SSSR count). The van der Waals surface area contributed by atoms with Gasteiger partial charge in [0.25, 0.3) is 0 Å². The molecule has 15 heavy (non-hydrogen) atoms. The first-order chi connectivity index (χ1) is 7.13. The Morgan fingerprint density at radius 1 is 1.07 bits per heavy atom. The molecule has 0 saturated carbocycles. The largest absolute Gasteiger partial charge is 0.332 e. The summed E-state index contributed by atoms with van der Waals surface area (Å²) in [7, 11) is 0. The lowest BCUT2D eigenvalue weighted by Crippen LogP contribution is -1.91. The van der Waals surface area contributed by atoms with Gasteiger partial charge in [-0.05, 0) is 44.0 Å². The third kappa shape index (κ3) is 2.57. The number of thiazole rings is 1. The third-order valence-electron chi connectivity index (χ3n) is 2.09. The van der Waals surface area contributed by atoms with Crippen LogP contribution in [-0.4, -0.2) is 4.98 Å². The van der Waals surface area contributed by atoms with E-state index in [2.05, 4.69) is 42.3 Å². The summed E-state index contributed by atoms with van der Waals surface area (Å²) in [5.74, 6) is 0. The number of benzene rings is 1. The van der Waals surface area contributed by atoms with Gasteiger partial charge in [0.05, 0.1) is 5.69 Å². The highest BCUT2D eigenvalue weighted by Gasteiger charge is 2.00. The van der Waals surface area contributed by atoms with Crippen LogP contribution in [0.25, 0.3) is 0 Å². The summed E-state index contributed by atoms with van der Waals surface area (Å²) < 4.78 is 0. The molecule has 0 unspecified atom stereocenters. The fourth-order valence-electron chi connectivity index (χ4n) is 1.58. The first-order valence-corrected chi connectivity index (χ1v) is 5.79. The number of aromatic nitrogens is 1. The van der Waals surface area contributed by atoms with Gasteiger partial charge in [-0.25, -0.2) is 4.98 Å². The van der Waals surface area contributed by atoms with E-state index >= 15 is 0 Å². The van der Waals surface area contributed by atoms with Crippen LogP contribution in [0.2, 0.25) is 0 Å². The van der Waals surface area contributed by atoms with Crippen LogP contribution in [0, 0.1) is 20.8 Å². The van der Waals surface area contributed by atoms with Gasteiger partial charge in [-0.2, -0.15) is 0 Å². The molecule has 0 aliphatic heterocycles. The summed E-state index contributed by atoms with van der Waals surface area (Å²) in [5.41, 5.74) is 4.71. The van der Waals surface area contributed by atoms with E-state index in [1.807, 2.05) is 12.3 Å². The fraction of sp³-hybridized carbons (Fsp3) is 0.250. The molecule has 2 nitrogen and oxygen atoms in total. The molecule has 1 aromatic carbocycles. The van der Waals surface area contributed by atoms with Gasteiger partial charge in [-0.1, -0.05) is 6.07 Å². The van der Waals surface area contributed by atoms with E-state index in [4.69, 9.17) is 0 Å². The SMILES string of the molecule is Cc1cc(C)cc(Nc2nc(C)cs2)c1. The van der Waals surface area contributed by atoms with Crippen molar-refractivity contribution in [2.45, 2.75) is 20.8 Å². The van der Waals surface area contributed by atoms with Gasteiger partial charge >= 0.3 is 0 Å². The molecule has 0 fully saturated rings. The van der Waals surface area contributed by atoms with Crippen molar-refractivity contribution in [2.75, 3.05) is 5.32 Å². The molecule has 78 valence electrons. The smallest absolute Gasteiger partial charge is 0.187 e. The zero-order valence-electron chi connectivity index (χ0n) is 9.16. The average Bonchev–Trinajstić information content (AvgIpc) is 2.49. The zero-order chi connectivity index (χ0) is 10.8. The Morgan fingerprint density at radius 3 is 2.27 bits per heavy atom. The lowest BCUT2D eigenvalue weighted by molar-refractivity contribution is 1.26. The molecule has 3 heteroatoms. The van der Waals surface area contributed by atoms with Gasteiger partial charge in [0.1, 0.15) is 0 Å². The lowest BCUT2D eigenvalue weighted by atomic mass is 10.1. The zero-order valence-corrected chi connectivity index (χ0v) is 9.98. The molecule has 1 aromatic heterocycles. The van der Waals surface area contributed by atoms with Crippen molar-refractivity contribution in [3.8, 4) is 0 Å². The van der Waals surface area contributed by atoms with Crippen molar-refractivity contribution in [1.82, 2.24) is 4.98 Å². The average molecular weight is 218 g/mol. The van der Waals surface area contributed by atoms with Crippen LogP contribution in [0.3, 0.4) is 0 Å². The Bertz CT molecular complexity index is 454. The lowest BCUT2D eigenvalue weighted by Gasteiger charge is -2.05. The predicted molar refractivity (Wildman–Crippen MR) is 66.0 cm³/mol. The van der Waals surface area contributed by atoms with E-state index in [1.165, 1.54) is 11.1 Å². The molecule has 1 heterocycles. The van der Waals surface area contributed by atoms with Crippen molar-refractivity contribution in [2.24, 2.45) is 0 Å². The maximum atomic E-state index is 4.37. The summed E-state index contributed by atoms with van der Waals surface area (Å²) in [6.07, 6.45) is 0. The number of nitrogens with one attached hydrogen (secondary N) is 1. The topological polar surface area (TPSA) is 24.9 Å². The van der Waals surface area contributed by atoms with Gasteiger partial charge < -0.3 is 5.32 Å². The first kappa shape index (κ1) is 10.2. The monoisotopic (exact) mass is 218 g/mol. The van der Waals surface area contributed by atoms with Crippen LogP contribution in [0.15, 0.2) is 23.6 Å². The minimum atomic E-state index is 0.956. The highest BCUT2D eigenvalue weighted by atomic mass is 32.1. The highest BCUT2D eigenvalue weighted by molar-refractivity contribution is 7.13. The van der Waals surface area contributed by atoms with E-state index in [0.717, 1.165) is 16.5 Å². The number of anilines is 2. The van der Waals surface area contributed by atoms with Gasteiger partial charge in [-0.15, -0.1) is 11.3 Å². The number of hydrogen-bond donors (Lipinski definition) is 1. The van der Waals surface area contributed by atoms with Crippen molar-refractivity contribution in [3.63, 3.8) is 0 Å². The van der Waals surface area contributed by atoms with E-state index in [1.54, 1.807) is 11.3 Å². The van der Waals surface area contributed by atoms with Crippen molar-refractivity contribution in [1.29, 1.82) is 0 Å². The van der Waals surface area contributed by atoms with Crippen LogP contribution in [0.1, 0.15) is 16.8 Å².